The fraction of sp³-hybridized carbons (Fsp3) is 0.0794. The van der Waals surface area contributed by atoms with E-state index in [2.05, 4.69) is 252 Å². The molecule has 10 aromatic rings. The van der Waals surface area contributed by atoms with Crippen LogP contribution in [0, 0.1) is 0 Å². The highest BCUT2D eigenvalue weighted by atomic mass is 15.1. The molecule has 0 unspecified atom stereocenters. The van der Waals surface area contributed by atoms with Gasteiger partial charge in [0, 0.05) is 39.5 Å². The molecule has 2 aliphatic rings. The summed E-state index contributed by atoms with van der Waals surface area (Å²) in [6.07, 6.45) is 5.04. The molecule has 0 aliphatic heterocycles. The van der Waals surface area contributed by atoms with Crippen LogP contribution in [0.3, 0.4) is 0 Å². The highest BCUT2D eigenvalue weighted by molar-refractivity contribution is 6.00. The van der Waals surface area contributed by atoms with Crippen molar-refractivity contribution in [1.29, 1.82) is 0 Å². The van der Waals surface area contributed by atoms with Gasteiger partial charge in [0.25, 0.3) is 0 Å². The van der Waals surface area contributed by atoms with Crippen LogP contribution < -0.4 is 9.80 Å². The molecule has 2 aliphatic carbocycles. The standard InChI is InChI=1S/C63H48N2/c1-4-14-45(15-5-1)47-22-31-53(32-23-47)64(54-33-24-48(25-34-54)46-16-6-2-7-17-46)55-35-26-49(27-36-55)50-28-37-56(38-29-50)65(52-18-8-3-9-19-52)57-39-41-58-51(44-57)30-40-60-59-20-10-11-21-61(59)63(62(58)60)42-12-13-43-63/h1-11,14-41,44H,12-13,42-43H2. The SMILES string of the molecule is c1ccc(-c2ccc(N(c3ccc(-c4ccccc4)cc3)c3ccc(-c4ccc(N(c5ccccc5)c5ccc6c7c(ccc6c5)-c5ccccc5C75CCCC5)cc4)cc3)cc2)cc1. The fourth-order valence-electron chi connectivity index (χ4n) is 10.9. The topological polar surface area (TPSA) is 6.48 Å². The lowest BCUT2D eigenvalue weighted by atomic mass is 9.75. The van der Waals surface area contributed by atoms with Crippen molar-refractivity contribution in [2.75, 3.05) is 9.80 Å². The predicted octanol–water partition coefficient (Wildman–Crippen LogP) is 17.6. The minimum atomic E-state index is 0.126. The molecule has 10 aromatic carbocycles. The number of nitrogens with zero attached hydrogens (tertiary/aromatic N) is 2. The third-order valence-corrected chi connectivity index (χ3v) is 14.0. The Morgan fingerprint density at radius 2 is 0.677 bits per heavy atom. The number of benzene rings is 10. The van der Waals surface area contributed by atoms with Crippen molar-refractivity contribution in [3.8, 4) is 44.5 Å². The summed E-state index contributed by atoms with van der Waals surface area (Å²) in [6, 6.07) is 88.8. The quantitative estimate of drug-likeness (QED) is 0.143. The fourth-order valence-corrected chi connectivity index (χ4v) is 10.9. The number of para-hydroxylation sites is 1. The van der Waals surface area contributed by atoms with Gasteiger partial charge in [0.15, 0.2) is 0 Å². The first-order valence-corrected chi connectivity index (χ1v) is 23.0. The Balaban J connectivity index is 0.868. The van der Waals surface area contributed by atoms with E-state index in [1.807, 2.05) is 0 Å². The van der Waals surface area contributed by atoms with Crippen molar-refractivity contribution in [3.05, 3.63) is 254 Å². The van der Waals surface area contributed by atoms with Gasteiger partial charge in [-0.2, -0.15) is 0 Å². The molecular weight excluding hydrogens is 785 g/mol. The van der Waals surface area contributed by atoms with Gasteiger partial charge in [0.05, 0.1) is 0 Å². The summed E-state index contributed by atoms with van der Waals surface area (Å²) in [5.74, 6) is 0. The van der Waals surface area contributed by atoms with E-state index in [4.69, 9.17) is 0 Å². The summed E-state index contributed by atoms with van der Waals surface area (Å²) in [4.78, 5) is 4.74. The summed E-state index contributed by atoms with van der Waals surface area (Å²) in [5.41, 5.74) is 20.0. The van der Waals surface area contributed by atoms with Crippen LogP contribution in [0.5, 0.6) is 0 Å². The Bertz CT molecular complexity index is 3180. The normalized spacial score (nSPS) is 13.4. The highest BCUT2D eigenvalue weighted by Gasteiger charge is 2.45. The molecule has 1 spiro atoms. The molecular formula is C63H48N2. The lowest BCUT2D eigenvalue weighted by molar-refractivity contribution is 0.554. The first-order chi connectivity index (χ1) is 32.2. The molecule has 65 heavy (non-hydrogen) atoms. The average molecular weight is 833 g/mol. The largest absolute Gasteiger partial charge is 0.311 e. The number of hydrogen-bond acceptors (Lipinski definition) is 2. The number of anilines is 6. The smallest absolute Gasteiger partial charge is 0.0468 e. The molecule has 1 fully saturated rings. The molecule has 0 N–H and O–H groups in total. The molecule has 0 saturated heterocycles. The lowest BCUT2D eigenvalue weighted by Gasteiger charge is -2.29. The zero-order valence-electron chi connectivity index (χ0n) is 36.3. The Morgan fingerprint density at radius 3 is 1.17 bits per heavy atom. The molecule has 0 amide bonds. The first kappa shape index (κ1) is 38.7. The Morgan fingerprint density at radius 1 is 0.292 bits per heavy atom. The summed E-state index contributed by atoms with van der Waals surface area (Å²) >= 11 is 0. The van der Waals surface area contributed by atoms with Crippen LogP contribution in [0.25, 0.3) is 55.3 Å². The number of rotatable bonds is 9. The highest BCUT2D eigenvalue weighted by Crippen LogP contribution is 2.59. The number of fused-ring (bicyclic) bond motifs is 7. The second-order valence-electron chi connectivity index (χ2n) is 17.7. The van der Waals surface area contributed by atoms with Crippen LogP contribution in [-0.2, 0) is 5.41 Å². The van der Waals surface area contributed by atoms with Crippen molar-refractivity contribution >= 4 is 44.9 Å². The Hall–Kier alpha value is -7.94. The van der Waals surface area contributed by atoms with Gasteiger partial charge in [0.2, 0.25) is 0 Å². The summed E-state index contributed by atoms with van der Waals surface area (Å²) < 4.78 is 0. The van der Waals surface area contributed by atoms with Gasteiger partial charge in [-0.05, 0) is 152 Å². The molecule has 1 saturated carbocycles. The molecule has 2 heteroatoms. The van der Waals surface area contributed by atoms with E-state index < -0.39 is 0 Å². The average Bonchev–Trinajstić information content (AvgIpc) is 3.99. The maximum absolute atomic E-state index is 2.40. The predicted molar refractivity (Wildman–Crippen MR) is 274 cm³/mol. The maximum Gasteiger partial charge on any atom is 0.0468 e. The van der Waals surface area contributed by atoms with Gasteiger partial charge in [0.1, 0.15) is 0 Å². The maximum atomic E-state index is 2.40. The Labute approximate surface area is 382 Å². The van der Waals surface area contributed by atoms with E-state index in [0.29, 0.717) is 0 Å². The molecule has 0 aromatic heterocycles. The van der Waals surface area contributed by atoms with Crippen LogP contribution in [0.2, 0.25) is 0 Å². The van der Waals surface area contributed by atoms with Crippen LogP contribution in [0.1, 0.15) is 36.8 Å². The monoisotopic (exact) mass is 832 g/mol. The van der Waals surface area contributed by atoms with Gasteiger partial charge in [-0.1, -0.05) is 183 Å². The summed E-state index contributed by atoms with van der Waals surface area (Å²) in [6.45, 7) is 0. The molecule has 12 rings (SSSR count). The zero-order chi connectivity index (χ0) is 43.2. The van der Waals surface area contributed by atoms with E-state index in [1.165, 1.54) is 86.5 Å². The first-order valence-electron chi connectivity index (χ1n) is 23.0. The molecule has 0 atom stereocenters. The molecule has 0 radical (unpaired) electrons. The van der Waals surface area contributed by atoms with Gasteiger partial charge in [-0.15, -0.1) is 0 Å². The number of hydrogen-bond donors (Lipinski definition) is 0. The van der Waals surface area contributed by atoms with Gasteiger partial charge in [-0.25, -0.2) is 0 Å². The van der Waals surface area contributed by atoms with E-state index in [0.717, 1.165) is 34.1 Å². The summed E-state index contributed by atoms with van der Waals surface area (Å²) in [7, 11) is 0. The van der Waals surface area contributed by atoms with Crippen molar-refractivity contribution in [2.24, 2.45) is 0 Å². The van der Waals surface area contributed by atoms with Gasteiger partial charge < -0.3 is 9.80 Å². The van der Waals surface area contributed by atoms with E-state index in [9.17, 15) is 0 Å². The molecule has 0 heterocycles. The molecule has 310 valence electrons. The Kier molecular flexibility index (Phi) is 9.72. The van der Waals surface area contributed by atoms with Crippen LogP contribution in [0.4, 0.5) is 34.1 Å². The van der Waals surface area contributed by atoms with Gasteiger partial charge >= 0.3 is 0 Å². The van der Waals surface area contributed by atoms with Crippen LogP contribution in [0.15, 0.2) is 243 Å². The minimum absolute atomic E-state index is 0.126. The van der Waals surface area contributed by atoms with Crippen molar-refractivity contribution in [2.45, 2.75) is 31.1 Å². The van der Waals surface area contributed by atoms with E-state index in [1.54, 1.807) is 5.56 Å². The van der Waals surface area contributed by atoms with Crippen molar-refractivity contribution in [3.63, 3.8) is 0 Å². The molecule has 0 bridgehead atoms. The van der Waals surface area contributed by atoms with E-state index >= 15 is 0 Å². The van der Waals surface area contributed by atoms with Crippen LogP contribution in [-0.4, -0.2) is 0 Å². The zero-order valence-corrected chi connectivity index (χ0v) is 36.3. The van der Waals surface area contributed by atoms with E-state index in [-0.39, 0.29) is 5.41 Å². The third-order valence-electron chi connectivity index (χ3n) is 14.0. The van der Waals surface area contributed by atoms with Gasteiger partial charge in [-0.3, -0.25) is 0 Å². The second kappa shape index (κ2) is 16.3. The molecule has 2 nitrogen and oxygen atoms in total. The lowest BCUT2D eigenvalue weighted by Crippen LogP contribution is -2.20. The summed E-state index contributed by atoms with van der Waals surface area (Å²) in [5, 5.41) is 2.69. The third kappa shape index (κ3) is 6.90. The van der Waals surface area contributed by atoms with Crippen molar-refractivity contribution in [1.82, 2.24) is 0 Å². The van der Waals surface area contributed by atoms with Crippen LogP contribution >= 0.6 is 0 Å². The minimum Gasteiger partial charge on any atom is -0.311 e. The van der Waals surface area contributed by atoms with Crippen molar-refractivity contribution < 1.29 is 0 Å². The second-order valence-corrected chi connectivity index (χ2v) is 17.7.